The van der Waals surface area contributed by atoms with Crippen molar-refractivity contribution in [3.8, 4) is 5.75 Å². The van der Waals surface area contributed by atoms with Gasteiger partial charge in [-0.25, -0.2) is 13.9 Å². The van der Waals surface area contributed by atoms with Crippen LogP contribution in [-0.4, -0.2) is 60.5 Å². The Kier molecular flexibility index (Phi) is 7.51. The fraction of sp³-hybridized carbons (Fsp3) is 0.409. The van der Waals surface area contributed by atoms with Crippen molar-refractivity contribution in [2.75, 3.05) is 19.4 Å². The second-order valence-electron chi connectivity index (χ2n) is 8.35. The van der Waals surface area contributed by atoms with E-state index in [9.17, 15) is 23.5 Å². The lowest BCUT2D eigenvalue weighted by atomic mass is 9.75. The molecule has 1 heterocycles. The molecule has 0 aromatic heterocycles. The number of nitrogens with zero attached hydrogens (tertiary/aromatic N) is 1. The van der Waals surface area contributed by atoms with E-state index < -0.39 is 39.4 Å². The van der Waals surface area contributed by atoms with E-state index in [1.54, 1.807) is 5.48 Å². The minimum Gasteiger partial charge on any atom is -0.497 e. The Labute approximate surface area is 192 Å². The molecule has 0 aliphatic carbocycles. The first-order valence-electron chi connectivity index (χ1n) is 10.1. The zero-order chi connectivity index (χ0) is 23.5. The Balaban J connectivity index is 1.92. The SMILES string of the molecule is COc1ccc(S(=O)(=O)N2CC(C)(C)[C@@H]([C@@H](O)CSc3ccccc3)[C@@H]2C(=O)NO)cc1. The summed E-state index contributed by atoms with van der Waals surface area (Å²) in [5, 5.41) is 20.4. The molecule has 1 aliphatic heterocycles. The van der Waals surface area contributed by atoms with Gasteiger partial charge >= 0.3 is 0 Å². The number of amides is 1. The third-order valence-corrected chi connectivity index (χ3v) is 8.69. The molecule has 0 unspecified atom stereocenters. The van der Waals surface area contributed by atoms with Crippen molar-refractivity contribution in [1.29, 1.82) is 0 Å². The maximum absolute atomic E-state index is 13.4. The van der Waals surface area contributed by atoms with Gasteiger partial charge in [0, 0.05) is 23.1 Å². The molecule has 3 N–H and O–H groups in total. The average Bonchev–Trinajstić information content (AvgIpc) is 3.09. The molecular formula is C22H28N2O6S2. The lowest BCUT2D eigenvalue weighted by molar-refractivity contribution is -0.135. The van der Waals surface area contributed by atoms with E-state index in [1.165, 1.54) is 43.1 Å². The number of sulfonamides is 1. The quantitative estimate of drug-likeness (QED) is 0.302. The Morgan fingerprint density at radius 2 is 1.84 bits per heavy atom. The second-order valence-corrected chi connectivity index (χ2v) is 11.3. The molecule has 2 aromatic carbocycles. The Morgan fingerprint density at radius 1 is 1.22 bits per heavy atom. The topological polar surface area (TPSA) is 116 Å². The molecule has 174 valence electrons. The molecule has 2 aromatic rings. The molecule has 3 rings (SSSR count). The normalized spacial score (nSPS) is 21.8. The third-order valence-electron chi connectivity index (χ3n) is 5.74. The molecule has 10 heteroatoms. The summed E-state index contributed by atoms with van der Waals surface area (Å²) in [5.74, 6) is -0.842. The van der Waals surface area contributed by atoms with Crippen LogP contribution in [0.2, 0.25) is 0 Å². The molecule has 8 nitrogen and oxygen atoms in total. The summed E-state index contributed by atoms with van der Waals surface area (Å²) in [4.78, 5) is 13.6. The summed E-state index contributed by atoms with van der Waals surface area (Å²) in [5.41, 5.74) is 0.863. The van der Waals surface area contributed by atoms with Crippen LogP contribution >= 0.6 is 11.8 Å². The zero-order valence-corrected chi connectivity index (χ0v) is 19.8. The Hall–Kier alpha value is -2.11. The van der Waals surface area contributed by atoms with E-state index in [1.807, 2.05) is 44.2 Å². The number of aliphatic hydroxyl groups excluding tert-OH is 1. The first-order chi connectivity index (χ1) is 15.1. The fourth-order valence-electron chi connectivity index (χ4n) is 4.22. The lowest BCUT2D eigenvalue weighted by Crippen LogP contribution is -2.51. The van der Waals surface area contributed by atoms with Gasteiger partial charge in [-0.3, -0.25) is 10.0 Å². The molecule has 1 amide bonds. The van der Waals surface area contributed by atoms with Crippen LogP contribution in [0.25, 0.3) is 0 Å². The fourth-order valence-corrected chi connectivity index (χ4v) is 6.92. The van der Waals surface area contributed by atoms with Crippen molar-refractivity contribution in [3.63, 3.8) is 0 Å². The number of carbonyl (C=O) groups excluding carboxylic acids is 1. The molecule has 0 saturated carbocycles. The highest BCUT2D eigenvalue weighted by Gasteiger charge is 2.56. The van der Waals surface area contributed by atoms with Crippen LogP contribution < -0.4 is 10.2 Å². The van der Waals surface area contributed by atoms with Crippen molar-refractivity contribution in [2.24, 2.45) is 11.3 Å². The van der Waals surface area contributed by atoms with Gasteiger partial charge in [-0.15, -0.1) is 11.8 Å². The second kappa shape index (κ2) is 9.80. The third kappa shape index (κ3) is 4.94. The molecule has 1 fully saturated rings. The number of aliphatic hydroxyl groups is 1. The van der Waals surface area contributed by atoms with E-state index in [0.717, 1.165) is 9.20 Å². The van der Waals surface area contributed by atoms with Gasteiger partial charge in [0.1, 0.15) is 11.8 Å². The van der Waals surface area contributed by atoms with Crippen molar-refractivity contribution >= 4 is 27.7 Å². The van der Waals surface area contributed by atoms with Crippen LogP contribution in [0.3, 0.4) is 0 Å². The minimum atomic E-state index is -4.08. The smallest absolute Gasteiger partial charge is 0.262 e. The number of hydrogen-bond acceptors (Lipinski definition) is 7. The predicted octanol–water partition coefficient (Wildman–Crippen LogP) is 2.37. The van der Waals surface area contributed by atoms with E-state index >= 15 is 0 Å². The number of benzene rings is 2. The summed E-state index contributed by atoms with van der Waals surface area (Å²) >= 11 is 1.42. The van der Waals surface area contributed by atoms with E-state index in [0.29, 0.717) is 5.75 Å². The molecule has 0 radical (unpaired) electrons. The van der Waals surface area contributed by atoms with E-state index in [-0.39, 0.29) is 17.2 Å². The maximum atomic E-state index is 13.4. The summed E-state index contributed by atoms with van der Waals surface area (Å²) in [6, 6.07) is 14.1. The molecule has 32 heavy (non-hydrogen) atoms. The summed E-state index contributed by atoms with van der Waals surface area (Å²) in [6.07, 6.45) is -0.992. The van der Waals surface area contributed by atoms with Gasteiger partial charge < -0.3 is 9.84 Å². The largest absolute Gasteiger partial charge is 0.497 e. The highest BCUT2D eigenvalue weighted by atomic mass is 32.2. The van der Waals surface area contributed by atoms with Gasteiger partial charge in [0.05, 0.1) is 18.1 Å². The molecular weight excluding hydrogens is 452 g/mol. The lowest BCUT2D eigenvalue weighted by Gasteiger charge is -2.32. The molecule has 1 aliphatic rings. The van der Waals surface area contributed by atoms with Crippen molar-refractivity contribution in [2.45, 2.75) is 35.8 Å². The Bertz CT molecular complexity index is 1030. The molecule has 1 saturated heterocycles. The zero-order valence-electron chi connectivity index (χ0n) is 18.1. The number of hydrogen-bond donors (Lipinski definition) is 3. The number of methoxy groups -OCH3 is 1. The van der Waals surface area contributed by atoms with Gasteiger partial charge in [0.2, 0.25) is 10.0 Å². The van der Waals surface area contributed by atoms with Crippen LogP contribution in [0, 0.1) is 11.3 Å². The van der Waals surface area contributed by atoms with E-state index in [2.05, 4.69) is 0 Å². The molecule has 3 atom stereocenters. The summed E-state index contributed by atoms with van der Waals surface area (Å²) < 4.78 is 33.0. The number of thioether (sulfide) groups is 1. The highest BCUT2D eigenvalue weighted by Crippen LogP contribution is 2.45. The summed E-state index contributed by atoms with van der Waals surface area (Å²) in [7, 11) is -2.60. The van der Waals surface area contributed by atoms with Gasteiger partial charge in [-0.05, 0) is 41.8 Å². The van der Waals surface area contributed by atoms with Gasteiger partial charge in [-0.2, -0.15) is 4.31 Å². The number of nitrogens with one attached hydrogen (secondary N) is 1. The average molecular weight is 481 g/mol. The maximum Gasteiger partial charge on any atom is 0.262 e. The van der Waals surface area contributed by atoms with Crippen molar-refractivity contribution < 1.29 is 28.3 Å². The van der Waals surface area contributed by atoms with Crippen LogP contribution in [0.5, 0.6) is 5.75 Å². The van der Waals surface area contributed by atoms with E-state index in [4.69, 9.17) is 4.74 Å². The van der Waals surface area contributed by atoms with Gasteiger partial charge in [0.15, 0.2) is 0 Å². The van der Waals surface area contributed by atoms with Crippen molar-refractivity contribution in [1.82, 2.24) is 9.79 Å². The molecule has 0 spiro atoms. The van der Waals surface area contributed by atoms with Crippen LogP contribution in [0.4, 0.5) is 0 Å². The number of ether oxygens (including phenoxy) is 1. The van der Waals surface area contributed by atoms with Gasteiger partial charge in [0.25, 0.3) is 5.91 Å². The number of carbonyl (C=O) groups is 1. The number of hydroxylamine groups is 1. The summed E-state index contributed by atoms with van der Waals surface area (Å²) in [6.45, 7) is 3.64. The van der Waals surface area contributed by atoms with Crippen LogP contribution in [0.1, 0.15) is 13.8 Å². The Morgan fingerprint density at radius 3 is 2.41 bits per heavy atom. The minimum absolute atomic E-state index is 0.00126. The monoisotopic (exact) mass is 480 g/mol. The van der Waals surface area contributed by atoms with Crippen molar-refractivity contribution in [3.05, 3.63) is 54.6 Å². The highest BCUT2D eigenvalue weighted by molar-refractivity contribution is 7.99. The first kappa shape index (κ1) is 24.5. The van der Waals surface area contributed by atoms with Crippen LogP contribution in [-0.2, 0) is 14.8 Å². The first-order valence-corrected chi connectivity index (χ1v) is 12.5. The predicted molar refractivity (Wildman–Crippen MR) is 121 cm³/mol. The number of rotatable bonds is 8. The standard InChI is InChI=1S/C22H28N2O6S2/c1-22(2)14-24(32(28,29)17-11-9-15(30-3)10-12-17)20(21(26)23-27)19(22)18(25)13-31-16-7-5-4-6-8-16/h4-12,18-20,25,27H,13-14H2,1-3H3,(H,23,26)/t18-,19-,20+/m0/s1. The van der Waals surface area contributed by atoms with Gasteiger partial charge in [-0.1, -0.05) is 32.0 Å². The van der Waals surface area contributed by atoms with Crippen LogP contribution in [0.15, 0.2) is 64.4 Å². The molecule has 0 bridgehead atoms.